The second kappa shape index (κ2) is 9.81. The van der Waals surface area contributed by atoms with Crippen molar-refractivity contribution < 1.29 is 9.90 Å². The average molecular weight is 394 g/mol. The number of aromatic nitrogens is 1. The van der Waals surface area contributed by atoms with Crippen molar-refractivity contribution in [1.29, 1.82) is 0 Å². The van der Waals surface area contributed by atoms with Crippen LogP contribution in [0.1, 0.15) is 48.3 Å². The molecule has 1 saturated heterocycles. The van der Waals surface area contributed by atoms with E-state index in [1.807, 2.05) is 30.0 Å². The molecule has 3 rings (SSSR count). The molecule has 5 heteroatoms. The average Bonchev–Trinajstić information content (AvgIpc) is 2.71. The Kier molecular flexibility index (Phi) is 7.18. The fraction of sp³-hybridized carbons (Fsp3) is 0.417. The summed E-state index contributed by atoms with van der Waals surface area (Å²) in [6.45, 7) is 7.57. The highest BCUT2D eigenvalue weighted by atomic mass is 16.3. The van der Waals surface area contributed by atoms with Crippen LogP contribution in [0.15, 0.2) is 54.7 Å². The summed E-state index contributed by atoms with van der Waals surface area (Å²) >= 11 is 0. The third kappa shape index (κ3) is 5.11. The highest BCUT2D eigenvalue weighted by Crippen LogP contribution is 2.33. The van der Waals surface area contributed by atoms with Gasteiger partial charge in [0.1, 0.15) is 5.69 Å². The molecule has 1 fully saturated rings. The second-order valence-corrected chi connectivity index (χ2v) is 8.07. The van der Waals surface area contributed by atoms with Crippen LogP contribution in [0.2, 0.25) is 0 Å². The van der Waals surface area contributed by atoms with Gasteiger partial charge in [-0.3, -0.25) is 9.78 Å². The summed E-state index contributed by atoms with van der Waals surface area (Å²) in [5, 5.41) is 13.2. The zero-order valence-electron chi connectivity index (χ0n) is 17.5. The number of rotatable bonds is 8. The molecular formula is C24H31N3O2. The van der Waals surface area contributed by atoms with Gasteiger partial charge in [0.2, 0.25) is 0 Å². The van der Waals surface area contributed by atoms with Gasteiger partial charge >= 0.3 is 0 Å². The standard InChI is InChI=1S/C24H31N3O2/c1-4-7-18-9-11-19(12-10-18)23-21(26-22(23)16-28)15-27(14-17(2)3)24(29)20-8-5-6-13-25-20/h4-13,17,21-23,26,28H,14-16H2,1-3H3/t21-,22-,23-/m0/s1. The maximum atomic E-state index is 13.0. The van der Waals surface area contributed by atoms with Crippen molar-refractivity contribution in [2.75, 3.05) is 19.7 Å². The van der Waals surface area contributed by atoms with Crippen molar-refractivity contribution >= 4 is 12.0 Å². The zero-order valence-corrected chi connectivity index (χ0v) is 17.5. The van der Waals surface area contributed by atoms with Crippen LogP contribution in [-0.4, -0.2) is 52.7 Å². The third-order valence-electron chi connectivity index (χ3n) is 5.35. The number of benzene rings is 1. The van der Waals surface area contributed by atoms with Crippen LogP contribution in [0.5, 0.6) is 0 Å². The number of nitrogens with zero attached hydrogens (tertiary/aromatic N) is 2. The molecule has 5 nitrogen and oxygen atoms in total. The second-order valence-electron chi connectivity index (χ2n) is 8.07. The number of aliphatic hydroxyl groups is 1. The van der Waals surface area contributed by atoms with E-state index in [1.165, 1.54) is 5.56 Å². The predicted molar refractivity (Wildman–Crippen MR) is 117 cm³/mol. The fourth-order valence-electron chi connectivity index (χ4n) is 4.03. The first-order valence-electron chi connectivity index (χ1n) is 10.3. The number of aliphatic hydroxyl groups excluding tert-OH is 1. The molecule has 1 aliphatic heterocycles. The highest BCUT2D eigenvalue weighted by molar-refractivity contribution is 5.92. The molecule has 1 aliphatic rings. The Bertz CT molecular complexity index is 818. The maximum Gasteiger partial charge on any atom is 0.272 e. The van der Waals surface area contributed by atoms with Crippen LogP contribution in [0.4, 0.5) is 0 Å². The highest BCUT2D eigenvalue weighted by Gasteiger charge is 2.42. The molecule has 1 aromatic heterocycles. The lowest BCUT2D eigenvalue weighted by molar-refractivity contribution is 0.0599. The van der Waals surface area contributed by atoms with Crippen molar-refractivity contribution in [2.45, 2.75) is 38.8 Å². The summed E-state index contributed by atoms with van der Waals surface area (Å²) in [5.74, 6) is 0.483. The number of carbonyl (C=O) groups is 1. The van der Waals surface area contributed by atoms with Crippen LogP contribution >= 0.6 is 0 Å². The van der Waals surface area contributed by atoms with Gasteiger partial charge in [0.25, 0.3) is 5.91 Å². The Morgan fingerprint density at radius 3 is 2.55 bits per heavy atom. The van der Waals surface area contributed by atoms with E-state index in [1.54, 1.807) is 12.3 Å². The molecular weight excluding hydrogens is 362 g/mol. The lowest BCUT2D eigenvalue weighted by Crippen LogP contribution is -2.65. The Morgan fingerprint density at radius 1 is 1.21 bits per heavy atom. The summed E-state index contributed by atoms with van der Waals surface area (Å²) in [7, 11) is 0. The lowest BCUT2D eigenvalue weighted by atomic mass is 9.77. The van der Waals surface area contributed by atoms with E-state index >= 15 is 0 Å². The van der Waals surface area contributed by atoms with Gasteiger partial charge in [-0.2, -0.15) is 0 Å². The quantitative estimate of drug-likeness (QED) is 0.722. The first-order chi connectivity index (χ1) is 14.0. The summed E-state index contributed by atoms with van der Waals surface area (Å²) in [6.07, 6.45) is 5.74. The van der Waals surface area contributed by atoms with Gasteiger partial charge in [0.15, 0.2) is 0 Å². The van der Waals surface area contributed by atoms with Gasteiger partial charge in [-0.1, -0.05) is 56.3 Å². The zero-order chi connectivity index (χ0) is 20.8. The van der Waals surface area contributed by atoms with Crippen LogP contribution in [-0.2, 0) is 0 Å². The van der Waals surface area contributed by atoms with E-state index in [2.05, 4.69) is 54.5 Å². The van der Waals surface area contributed by atoms with Gasteiger partial charge in [-0.25, -0.2) is 0 Å². The van der Waals surface area contributed by atoms with Crippen LogP contribution in [0.3, 0.4) is 0 Å². The molecule has 0 saturated carbocycles. The number of carbonyl (C=O) groups excluding carboxylic acids is 1. The molecule has 0 radical (unpaired) electrons. The minimum absolute atomic E-state index is 0.0124. The number of amides is 1. The van der Waals surface area contributed by atoms with E-state index < -0.39 is 0 Å². The lowest BCUT2D eigenvalue weighted by Gasteiger charge is -2.47. The first kappa shape index (κ1) is 21.2. The van der Waals surface area contributed by atoms with Gasteiger partial charge < -0.3 is 15.3 Å². The minimum Gasteiger partial charge on any atom is -0.395 e. The molecule has 3 atom stereocenters. The van der Waals surface area contributed by atoms with Crippen molar-refractivity contribution in [2.24, 2.45) is 5.92 Å². The Balaban J connectivity index is 1.78. The maximum absolute atomic E-state index is 13.0. The number of hydrogen-bond acceptors (Lipinski definition) is 4. The molecule has 0 bridgehead atoms. The molecule has 154 valence electrons. The van der Waals surface area contributed by atoms with Crippen molar-refractivity contribution in [1.82, 2.24) is 15.2 Å². The minimum atomic E-state index is -0.0456. The van der Waals surface area contributed by atoms with Crippen LogP contribution in [0, 0.1) is 5.92 Å². The summed E-state index contributed by atoms with van der Waals surface area (Å²) < 4.78 is 0. The van der Waals surface area contributed by atoms with E-state index in [4.69, 9.17) is 0 Å². The summed E-state index contributed by atoms with van der Waals surface area (Å²) in [6, 6.07) is 14.0. The molecule has 2 aromatic rings. The molecule has 2 N–H and O–H groups in total. The Labute approximate surface area is 173 Å². The van der Waals surface area contributed by atoms with Gasteiger partial charge in [-0.05, 0) is 36.1 Å². The number of hydrogen-bond donors (Lipinski definition) is 2. The van der Waals surface area contributed by atoms with Crippen LogP contribution < -0.4 is 5.32 Å². The SMILES string of the molecule is CC=Cc1ccc([C@@H]2[C@H](CO)N[C@H]2CN(CC(C)C)C(=O)c2ccccn2)cc1. The predicted octanol–water partition coefficient (Wildman–Crippen LogP) is 3.33. The molecule has 1 amide bonds. The molecule has 29 heavy (non-hydrogen) atoms. The largest absolute Gasteiger partial charge is 0.395 e. The van der Waals surface area contributed by atoms with E-state index in [0.717, 1.165) is 5.56 Å². The molecule has 2 heterocycles. The first-order valence-corrected chi connectivity index (χ1v) is 10.3. The van der Waals surface area contributed by atoms with Crippen molar-refractivity contribution in [3.63, 3.8) is 0 Å². The number of allylic oxidation sites excluding steroid dienone is 1. The van der Waals surface area contributed by atoms with Gasteiger partial charge in [0, 0.05) is 37.3 Å². The normalized spacial score (nSPS) is 21.3. The van der Waals surface area contributed by atoms with E-state index in [-0.39, 0.29) is 30.5 Å². The summed E-state index contributed by atoms with van der Waals surface area (Å²) in [5.41, 5.74) is 2.82. The third-order valence-corrected chi connectivity index (χ3v) is 5.35. The van der Waals surface area contributed by atoms with Crippen molar-refractivity contribution in [3.8, 4) is 0 Å². The molecule has 0 unspecified atom stereocenters. The number of pyridine rings is 1. The smallest absolute Gasteiger partial charge is 0.272 e. The summed E-state index contributed by atoms with van der Waals surface area (Å²) in [4.78, 5) is 19.2. The van der Waals surface area contributed by atoms with Gasteiger partial charge in [0.05, 0.1) is 6.61 Å². The Morgan fingerprint density at radius 2 is 1.97 bits per heavy atom. The Hall–Kier alpha value is -2.50. The monoisotopic (exact) mass is 393 g/mol. The number of nitrogens with one attached hydrogen (secondary N) is 1. The molecule has 1 aromatic carbocycles. The molecule has 0 spiro atoms. The van der Waals surface area contributed by atoms with Crippen molar-refractivity contribution in [3.05, 3.63) is 71.6 Å². The van der Waals surface area contributed by atoms with Crippen LogP contribution in [0.25, 0.3) is 6.08 Å². The molecule has 0 aliphatic carbocycles. The fourth-order valence-corrected chi connectivity index (χ4v) is 4.03. The van der Waals surface area contributed by atoms with E-state index in [0.29, 0.717) is 24.7 Å². The van der Waals surface area contributed by atoms with E-state index in [9.17, 15) is 9.90 Å². The van der Waals surface area contributed by atoms with Gasteiger partial charge in [-0.15, -0.1) is 0 Å². The topological polar surface area (TPSA) is 65.5 Å².